The van der Waals surface area contributed by atoms with Gasteiger partial charge in [0.1, 0.15) is 5.82 Å². The molecular formula is C18H21FN4S. The first-order valence-corrected chi connectivity index (χ1v) is 8.72. The first-order chi connectivity index (χ1) is 11.6. The molecule has 2 aromatic heterocycles. The highest BCUT2D eigenvalue weighted by Crippen LogP contribution is 2.24. The van der Waals surface area contributed by atoms with Crippen molar-refractivity contribution >= 4 is 11.3 Å². The molecule has 1 atom stereocenters. The van der Waals surface area contributed by atoms with Crippen molar-refractivity contribution in [3.05, 3.63) is 64.2 Å². The van der Waals surface area contributed by atoms with Gasteiger partial charge < -0.3 is 10.2 Å². The molecule has 3 rings (SSSR count). The molecule has 0 fully saturated rings. The molecule has 0 amide bonds. The van der Waals surface area contributed by atoms with Crippen LogP contribution in [0.5, 0.6) is 0 Å². The Kier molecular flexibility index (Phi) is 5.40. The number of nitrogens with zero attached hydrogens (tertiary/aromatic N) is 2. The molecule has 1 aromatic carbocycles. The van der Waals surface area contributed by atoms with Crippen molar-refractivity contribution in [1.29, 1.82) is 0 Å². The van der Waals surface area contributed by atoms with Crippen LogP contribution in [0.2, 0.25) is 0 Å². The van der Waals surface area contributed by atoms with Gasteiger partial charge in [-0.25, -0.2) is 4.39 Å². The number of H-pyrrole nitrogens is 1. The largest absolute Gasteiger partial charge is 0.311 e. The van der Waals surface area contributed by atoms with E-state index in [-0.39, 0.29) is 5.82 Å². The summed E-state index contributed by atoms with van der Waals surface area (Å²) in [6.45, 7) is 1.56. The molecular weight excluding hydrogens is 323 g/mol. The molecule has 0 bridgehead atoms. The van der Waals surface area contributed by atoms with Gasteiger partial charge in [-0.05, 0) is 49.8 Å². The number of aromatic amines is 1. The standard InChI is InChI=1S/C18H21FN4S/c1-23(2)16(17-4-3-9-24-17)12-20-10-14-11-21-22-18(14)13-5-7-15(19)8-6-13/h3-9,11,16,20H,10,12H2,1-2H3,(H,21,22). The Bertz CT molecular complexity index is 750. The SMILES string of the molecule is CN(C)C(CNCc1cn[nH]c1-c1ccc(F)cc1)c1cccs1. The highest BCUT2D eigenvalue weighted by Gasteiger charge is 2.15. The maximum absolute atomic E-state index is 13.1. The first kappa shape index (κ1) is 16.8. The van der Waals surface area contributed by atoms with E-state index in [2.05, 4.69) is 52.0 Å². The van der Waals surface area contributed by atoms with Crippen molar-refractivity contribution in [3.8, 4) is 11.3 Å². The lowest BCUT2D eigenvalue weighted by atomic mass is 10.1. The molecule has 0 aliphatic heterocycles. The molecule has 126 valence electrons. The van der Waals surface area contributed by atoms with Gasteiger partial charge in [0.15, 0.2) is 0 Å². The Labute approximate surface area is 145 Å². The van der Waals surface area contributed by atoms with Crippen molar-refractivity contribution in [2.24, 2.45) is 0 Å². The second-order valence-corrected chi connectivity index (χ2v) is 6.88. The lowest BCUT2D eigenvalue weighted by Gasteiger charge is -2.23. The molecule has 3 aromatic rings. The van der Waals surface area contributed by atoms with E-state index in [0.717, 1.165) is 23.4 Å². The third-order valence-electron chi connectivity index (χ3n) is 4.00. The van der Waals surface area contributed by atoms with E-state index < -0.39 is 0 Å². The smallest absolute Gasteiger partial charge is 0.123 e. The minimum atomic E-state index is -0.234. The fourth-order valence-electron chi connectivity index (χ4n) is 2.67. The van der Waals surface area contributed by atoms with Crippen LogP contribution < -0.4 is 5.32 Å². The maximum atomic E-state index is 13.1. The lowest BCUT2D eigenvalue weighted by molar-refractivity contribution is 0.292. The number of aromatic nitrogens is 2. The summed E-state index contributed by atoms with van der Waals surface area (Å²) in [5.41, 5.74) is 2.94. The Morgan fingerprint density at radius 3 is 2.71 bits per heavy atom. The number of rotatable bonds is 7. The zero-order valence-electron chi connectivity index (χ0n) is 13.8. The number of halogens is 1. The molecule has 0 saturated heterocycles. The molecule has 2 heterocycles. The number of thiophene rings is 1. The molecule has 6 heteroatoms. The molecule has 1 unspecified atom stereocenters. The molecule has 0 aliphatic rings. The predicted octanol–water partition coefficient (Wildman–Crippen LogP) is 3.67. The number of benzene rings is 1. The van der Waals surface area contributed by atoms with Gasteiger partial charge in [-0.3, -0.25) is 5.10 Å². The van der Waals surface area contributed by atoms with E-state index in [1.54, 1.807) is 23.5 Å². The number of hydrogen-bond donors (Lipinski definition) is 2. The number of likely N-dealkylation sites (N-methyl/N-ethyl adjacent to an activating group) is 1. The zero-order chi connectivity index (χ0) is 16.9. The van der Waals surface area contributed by atoms with Crippen LogP contribution in [-0.4, -0.2) is 35.7 Å². The quantitative estimate of drug-likeness (QED) is 0.687. The number of hydrogen-bond acceptors (Lipinski definition) is 4. The monoisotopic (exact) mass is 344 g/mol. The topological polar surface area (TPSA) is 44.0 Å². The van der Waals surface area contributed by atoms with Crippen LogP contribution in [0, 0.1) is 5.82 Å². The summed E-state index contributed by atoms with van der Waals surface area (Å²) in [6.07, 6.45) is 1.82. The van der Waals surface area contributed by atoms with E-state index in [0.29, 0.717) is 12.6 Å². The van der Waals surface area contributed by atoms with Gasteiger partial charge in [-0.1, -0.05) is 6.07 Å². The summed E-state index contributed by atoms with van der Waals surface area (Å²) >= 11 is 1.77. The van der Waals surface area contributed by atoms with Crippen LogP contribution in [0.3, 0.4) is 0 Å². The Morgan fingerprint density at radius 1 is 1.25 bits per heavy atom. The third kappa shape index (κ3) is 3.90. The van der Waals surface area contributed by atoms with E-state index in [1.165, 1.54) is 17.0 Å². The summed E-state index contributed by atoms with van der Waals surface area (Å²) in [6, 6.07) is 11.0. The second kappa shape index (κ2) is 7.70. The third-order valence-corrected chi connectivity index (χ3v) is 4.97. The van der Waals surface area contributed by atoms with Crippen LogP contribution in [0.1, 0.15) is 16.5 Å². The lowest BCUT2D eigenvalue weighted by Crippen LogP contribution is -2.30. The van der Waals surface area contributed by atoms with Crippen molar-refractivity contribution in [1.82, 2.24) is 20.4 Å². The second-order valence-electron chi connectivity index (χ2n) is 5.90. The highest BCUT2D eigenvalue weighted by molar-refractivity contribution is 7.10. The first-order valence-electron chi connectivity index (χ1n) is 7.84. The Morgan fingerprint density at radius 2 is 2.04 bits per heavy atom. The molecule has 0 aliphatic carbocycles. The zero-order valence-corrected chi connectivity index (χ0v) is 14.6. The van der Waals surface area contributed by atoms with E-state index in [1.807, 2.05) is 6.20 Å². The van der Waals surface area contributed by atoms with Crippen LogP contribution in [0.4, 0.5) is 4.39 Å². The van der Waals surface area contributed by atoms with Crippen LogP contribution >= 0.6 is 11.3 Å². The minimum absolute atomic E-state index is 0.234. The predicted molar refractivity (Wildman–Crippen MR) is 96.4 cm³/mol. The molecule has 0 saturated carbocycles. The van der Waals surface area contributed by atoms with Crippen molar-refractivity contribution < 1.29 is 4.39 Å². The van der Waals surface area contributed by atoms with Gasteiger partial charge in [0.2, 0.25) is 0 Å². The highest BCUT2D eigenvalue weighted by atomic mass is 32.1. The summed E-state index contributed by atoms with van der Waals surface area (Å²) < 4.78 is 13.1. The van der Waals surface area contributed by atoms with Gasteiger partial charge in [-0.2, -0.15) is 5.10 Å². The Balaban J connectivity index is 1.65. The van der Waals surface area contributed by atoms with Crippen LogP contribution in [-0.2, 0) is 6.54 Å². The molecule has 0 radical (unpaired) electrons. The molecule has 0 spiro atoms. The van der Waals surface area contributed by atoms with Gasteiger partial charge >= 0.3 is 0 Å². The average Bonchev–Trinajstić information content (AvgIpc) is 3.23. The van der Waals surface area contributed by atoms with Gasteiger partial charge in [0, 0.05) is 29.1 Å². The van der Waals surface area contributed by atoms with Gasteiger partial charge in [-0.15, -0.1) is 11.3 Å². The Hall–Kier alpha value is -2.02. The fourth-order valence-corrected chi connectivity index (χ4v) is 3.60. The van der Waals surface area contributed by atoms with Gasteiger partial charge in [0.25, 0.3) is 0 Å². The summed E-state index contributed by atoms with van der Waals surface area (Å²) in [7, 11) is 4.18. The summed E-state index contributed by atoms with van der Waals surface area (Å²) in [5.74, 6) is -0.234. The van der Waals surface area contributed by atoms with Crippen LogP contribution in [0.25, 0.3) is 11.3 Å². The number of nitrogens with one attached hydrogen (secondary N) is 2. The maximum Gasteiger partial charge on any atom is 0.123 e. The van der Waals surface area contributed by atoms with Gasteiger partial charge in [0.05, 0.1) is 17.9 Å². The fraction of sp³-hybridized carbons (Fsp3) is 0.278. The average molecular weight is 344 g/mol. The molecule has 2 N–H and O–H groups in total. The van der Waals surface area contributed by atoms with Crippen molar-refractivity contribution in [3.63, 3.8) is 0 Å². The normalized spacial score (nSPS) is 12.7. The van der Waals surface area contributed by atoms with E-state index in [4.69, 9.17) is 0 Å². The summed E-state index contributed by atoms with van der Waals surface area (Å²) in [5, 5.41) is 12.8. The molecule has 4 nitrogen and oxygen atoms in total. The van der Waals surface area contributed by atoms with E-state index >= 15 is 0 Å². The van der Waals surface area contributed by atoms with Crippen molar-refractivity contribution in [2.75, 3.05) is 20.6 Å². The summed E-state index contributed by atoms with van der Waals surface area (Å²) in [4.78, 5) is 3.56. The molecule has 24 heavy (non-hydrogen) atoms. The van der Waals surface area contributed by atoms with Crippen LogP contribution in [0.15, 0.2) is 48.0 Å². The van der Waals surface area contributed by atoms with Crippen molar-refractivity contribution in [2.45, 2.75) is 12.6 Å². The minimum Gasteiger partial charge on any atom is -0.311 e. The van der Waals surface area contributed by atoms with E-state index in [9.17, 15) is 4.39 Å².